The van der Waals surface area contributed by atoms with E-state index < -0.39 is 5.54 Å². The van der Waals surface area contributed by atoms with Gasteiger partial charge in [-0.2, -0.15) is 0 Å². The highest BCUT2D eigenvalue weighted by molar-refractivity contribution is 7.80. The third-order valence-electron chi connectivity index (χ3n) is 6.51. The first-order chi connectivity index (χ1) is 14.6. The summed E-state index contributed by atoms with van der Waals surface area (Å²) in [6.45, 7) is 6.43. The van der Waals surface area contributed by atoms with Crippen LogP contribution in [0.5, 0.6) is 0 Å². The fourth-order valence-electron chi connectivity index (χ4n) is 4.70. The molecule has 6 heteroatoms. The molecule has 0 aromatic heterocycles. The van der Waals surface area contributed by atoms with Crippen LogP contribution in [0.15, 0.2) is 48.5 Å². The monoisotopic (exact) mass is 422 g/mol. The molecule has 1 spiro atoms. The second kappa shape index (κ2) is 8.64. The van der Waals surface area contributed by atoms with Crippen LogP contribution in [-0.4, -0.2) is 41.2 Å². The number of aryl methyl sites for hydroxylation is 2. The molecule has 0 bridgehead atoms. The Bertz CT molecular complexity index is 900. The van der Waals surface area contributed by atoms with Crippen molar-refractivity contribution in [3.63, 3.8) is 0 Å². The minimum Gasteiger partial charge on any atom is -0.349 e. The van der Waals surface area contributed by atoms with E-state index in [1.54, 1.807) is 0 Å². The molecule has 1 amide bonds. The fraction of sp³-hybridized carbons (Fsp3) is 0.417. The summed E-state index contributed by atoms with van der Waals surface area (Å²) in [6.07, 6.45) is 3.44. The lowest BCUT2D eigenvalue weighted by atomic mass is 9.86. The molecule has 0 saturated carbocycles. The Kier molecular flexibility index (Phi) is 5.95. The first-order valence-electron chi connectivity index (χ1n) is 10.9. The summed E-state index contributed by atoms with van der Waals surface area (Å²) in [6, 6.07) is 16.7. The van der Waals surface area contributed by atoms with Crippen molar-refractivity contribution in [2.75, 3.05) is 30.0 Å². The highest BCUT2D eigenvalue weighted by Gasteiger charge is 2.50. The number of carbonyl (C=O) groups is 1. The van der Waals surface area contributed by atoms with Crippen molar-refractivity contribution in [3.8, 4) is 0 Å². The third-order valence-corrected chi connectivity index (χ3v) is 6.87. The van der Waals surface area contributed by atoms with Gasteiger partial charge in [-0.05, 0) is 61.2 Å². The molecule has 0 atom stereocenters. The lowest BCUT2D eigenvalue weighted by Crippen LogP contribution is -2.57. The van der Waals surface area contributed by atoms with Crippen molar-refractivity contribution in [1.29, 1.82) is 0 Å². The minimum atomic E-state index is -0.483. The second-order valence-corrected chi connectivity index (χ2v) is 8.42. The number of anilines is 2. The van der Waals surface area contributed by atoms with E-state index in [-0.39, 0.29) is 5.91 Å². The van der Waals surface area contributed by atoms with Crippen molar-refractivity contribution in [1.82, 2.24) is 10.2 Å². The average Bonchev–Trinajstić information content (AvgIpc) is 3.10. The molecule has 5 nitrogen and oxygen atoms in total. The van der Waals surface area contributed by atoms with Crippen LogP contribution in [0.3, 0.4) is 0 Å². The van der Waals surface area contributed by atoms with E-state index in [1.807, 2.05) is 18.2 Å². The number of hydrogen-bond donors (Lipinski definition) is 2. The van der Waals surface area contributed by atoms with Crippen LogP contribution in [0.2, 0.25) is 0 Å². The standard InChI is InChI=1S/C24H30N4OS/c1-3-18-9-8-10-19(4-2)21(18)26-23(30)27-15-13-24(14-16-27)22(29)25-17-28(24)20-11-6-5-7-12-20/h5-12H,3-4,13-17H2,1-2H3,(H,25,29)(H,26,30). The van der Waals surface area contributed by atoms with Gasteiger partial charge in [-0.15, -0.1) is 0 Å². The SMILES string of the molecule is CCc1cccc(CC)c1NC(=S)N1CCC2(CC1)C(=O)NCN2c1ccccc1. The van der Waals surface area contributed by atoms with Crippen LogP contribution in [0, 0.1) is 0 Å². The van der Waals surface area contributed by atoms with Crippen LogP contribution < -0.4 is 15.5 Å². The Morgan fingerprint density at radius 3 is 2.27 bits per heavy atom. The summed E-state index contributed by atoms with van der Waals surface area (Å²) in [7, 11) is 0. The Morgan fingerprint density at radius 2 is 1.67 bits per heavy atom. The summed E-state index contributed by atoms with van der Waals surface area (Å²) in [5, 5.41) is 7.34. The van der Waals surface area contributed by atoms with Gasteiger partial charge in [-0.3, -0.25) is 4.79 Å². The maximum atomic E-state index is 12.8. The molecule has 2 heterocycles. The second-order valence-electron chi connectivity index (χ2n) is 8.03. The molecule has 30 heavy (non-hydrogen) atoms. The third kappa shape index (κ3) is 3.65. The van der Waals surface area contributed by atoms with Gasteiger partial charge in [0.1, 0.15) is 5.54 Å². The number of nitrogens with zero attached hydrogens (tertiary/aromatic N) is 2. The molecular formula is C24H30N4OS. The van der Waals surface area contributed by atoms with Gasteiger partial charge in [-0.1, -0.05) is 50.2 Å². The van der Waals surface area contributed by atoms with Crippen molar-refractivity contribution in [2.24, 2.45) is 0 Å². The van der Waals surface area contributed by atoms with Gasteiger partial charge < -0.3 is 20.4 Å². The Balaban J connectivity index is 1.48. The van der Waals surface area contributed by atoms with Gasteiger partial charge in [0.25, 0.3) is 0 Å². The van der Waals surface area contributed by atoms with Crippen LogP contribution in [0.4, 0.5) is 11.4 Å². The van der Waals surface area contributed by atoms with Crippen LogP contribution in [-0.2, 0) is 17.6 Å². The van der Waals surface area contributed by atoms with E-state index in [9.17, 15) is 4.79 Å². The molecule has 0 unspecified atom stereocenters. The van der Waals surface area contributed by atoms with Gasteiger partial charge in [0.15, 0.2) is 5.11 Å². The van der Waals surface area contributed by atoms with Crippen molar-refractivity contribution in [2.45, 2.75) is 45.1 Å². The largest absolute Gasteiger partial charge is 0.349 e. The highest BCUT2D eigenvalue weighted by Crippen LogP contribution is 2.36. The lowest BCUT2D eigenvalue weighted by Gasteiger charge is -2.44. The molecule has 2 aliphatic heterocycles. The number of piperidine rings is 1. The number of hydrogen-bond acceptors (Lipinski definition) is 3. The number of thiocarbonyl (C=S) groups is 1. The Morgan fingerprint density at radius 1 is 1.03 bits per heavy atom. The predicted molar refractivity (Wildman–Crippen MR) is 127 cm³/mol. The van der Waals surface area contributed by atoms with E-state index in [0.717, 1.165) is 55.3 Å². The van der Waals surface area contributed by atoms with E-state index >= 15 is 0 Å². The maximum Gasteiger partial charge on any atom is 0.247 e. The summed E-state index contributed by atoms with van der Waals surface area (Å²) in [5.41, 5.74) is 4.33. The van der Waals surface area contributed by atoms with Gasteiger partial charge >= 0.3 is 0 Å². The number of amides is 1. The summed E-state index contributed by atoms with van der Waals surface area (Å²) < 4.78 is 0. The minimum absolute atomic E-state index is 0.134. The predicted octanol–water partition coefficient (Wildman–Crippen LogP) is 3.94. The highest BCUT2D eigenvalue weighted by atomic mass is 32.1. The van der Waals surface area contributed by atoms with Crippen LogP contribution in [0.1, 0.15) is 37.8 Å². The summed E-state index contributed by atoms with van der Waals surface area (Å²) >= 11 is 5.79. The number of nitrogens with one attached hydrogen (secondary N) is 2. The quantitative estimate of drug-likeness (QED) is 0.731. The Hall–Kier alpha value is -2.60. The summed E-state index contributed by atoms with van der Waals surface area (Å²) in [5.74, 6) is 0.134. The van der Waals surface area contributed by atoms with Gasteiger partial charge in [0.05, 0.1) is 6.67 Å². The van der Waals surface area contributed by atoms with Crippen molar-refractivity contribution < 1.29 is 4.79 Å². The zero-order chi connectivity index (χ0) is 21.1. The number of rotatable bonds is 4. The van der Waals surface area contributed by atoms with E-state index in [0.29, 0.717) is 6.67 Å². The average molecular weight is 423 g/mol. The van der Waals surface area contributed by atoms with Crippen molar-refractivity contribution in [3.05, 3.63) is 59.7 Å². The first kappa shape index (κ1) is 20.7. The number of benzene rings is 2. The lowest BCUT2D eigenvalue weighted by molar-refractivity contribution is -0.124. The van der Waals surface area contributed by atoms with E-state index in [4.69, 9.17) is 12.2 Å². The molecule has 2 fully saturated rings. The smallest absolute Gasteiger partial charge is 0.247 e. The zero-order valence-electron chi connectivity index (χ0n) is 17.8. The summed E-state index contributed by atoms with van der Waals surface area (Å²) in [4.78, 5) is 17.3. The molecule has 2 aromatic rings. The van der Waals surface area contributed by atoms with E-state index in [1.165, 1.54) is 11.1 Å². The molecule has 4 rings (SSSR count). The number of para-hydroxylation sites is 2. The maximum absolute atomic E-state index is 12.8. The molecule has 0 radical (unpaired) electrons. The molecule has 2 aromatic carbocycles. The molecule has 158 valence electrons. The topological polar surface area (TPSA) is 47.6 Å². The fourth-order valence-corrected chi connectivity index (χ4v) is 4.99. The molecule has 2 N–H and O–H groups in total. The Labute approximate surface area is 184 Å². The van der Waals surface area contributed by atoms with Gasteiger partial charge in [0.2, 0.25) is 5.91 Å². The first-order valence-corrected chi connectivity index (χ1v) is 11.3. The molecular weight excluding hydrogens is 392 g/mol. The molecule has 2 aliphatic rings. The number of carbonyl (C=O) groups excluding carboxylic acids is 1. The molecule has 2 saturated heterocycles. The van der Waals surface area contributed by atoms with Gasteiger partial charge in [-0.25, -0.2) is 0 Å². The van der Waals surface area contributed by atoms with Crippen LogP contribution in [0.25, 0.3) is 0 Å². The van der Waals surface area contributed by atoms with E-state index in [2.05, 4.69) is 64.6 Å². The number of likely N-dealkylation sites (tertiary alicyclic amines) is 1. The molecule has 0 aliphatic carbocycles. The van der Waals surface area contributed by atoms with Crippen LogP contribution >= 0.6 is 12.2 Å². The van der Waals surface area contributed by atoms with Gasteiger partial charge in [0, 0.05) is 24.5 Å². The normalized spacial score (nSPS) is 17.9. The zero-order valence-corrected chi connectivity index (χ0v) is 18.6. The van der Waals surface area contributed by atoms with Crippen molar-refractivity contribution >= 4 is 34.6 Å².